The molecule has 0 aliphatic heterocycles. The SMILES string of the molecule is CC(C)CC(=O)Nc1ccc(C(=O)COc2ccc([N+](=O)[O-])cc2F)cc1. The number of nitro benzene ring substituents is 1. The number of nitrogens with zero attached hydrogens (tertiary/aromatic N) is 1. The Hall–Kier alpha value is -3.29. The summed E-state index contributed by atoms with van der Waals surface area (Å²) in [4.78, 5) is 33.7. The molecule has 7 nitrogen and oxygen atoms in total. The number of hydrogen-bond acceptors (Lipinski definition) is 5. The minimum atomic E-state index is -0.916. The maximum Gasteiger partial charge on any atom is 0.272 e. The second-order valence-electron chi connectivity index (χ2n) is 6.31. The van der Waals surface area contributed by atoms with Crippen molar-refractivity contribution in [3.8, 4) is 5.75 Å². The predicted molar refractivity (Wildman–Crippen MR) is 97.4 cm³/mol. The fourth-order valence-electron chi connectivity index (χ4n) is 2.27. The largest absolute Gasteiger partial charge is 0.482 e. The van der Waals surface area contributed by atoms with E-state index in [2.05, 4.69) is 5.32 Å². The first-order valence-electron chi connectivity index (χ1n) is 8.26. The van der Waals surface area contributed by atoms with Crippen molar-refractivity contribution in [2.45, 2.75) is 20.3 Å². The van der Waals surface area contributed by atoms with Gasteiger partial charge in [0.15, 0.2) is 24.0 Å². The summed E-state index contributed by atoms with van der Waals surface area (Å²) in [6.07, 6.45) is 0.398. The summed E-state index contributed by atoms with van der Waals surface area (Å²) in [6.45, 7) is 3.46. The van der Waals surface area contributed by atoms with Gasteiger partial charge in [-0.2, -0.15) is 0 Å². The molecule has 0 aliphatic rings. The number of nitrogens with one attached hydrogen (secondary N) is 1. The first-order chi connectivity index (χ1) is 12.8. The van der Waals surface area contributed by atoms with Crippen LogP contribution in [0, 0.1) is 21.8 Å². The van der Waals surface area contributed by atoms with E-state index in [-0.39, 0.29) is 17.6 Å². The number of amides is 1. The van der Waals surface area contributed by atoms with Crippen molar-refractivity contribution in [1.82, 2.24) is 0 Å². The van der Waals surface area contributed by atoms with Crippen LogP contribution in [0.25, 0.3) is 0 Å². The van der Waals surface area contributed by atoms with Gasteiger partial charge in [-0.25, -0.2) is 4.39 Å². The van der Waals surface area contributed by atoms with E-state index in [1.165, 1.54) is 12.1 Å². The molecule has 2 rings (SSSR count). The molecule has 1 N–H and O–H groups in total. The van der Waals surface area contributed by atoms with Crippen LogP contribution in [0.5, 0.6) is 5.75 Å². The molecule has 0 fully saturated rings. The second kappa shape index (κ2) is 8.88. The topological polar surface area (TPSA) is 98.5 Å². The van der Waals surface area contributed by atoms with Crippen molar-refractivity contribution in [2.75, 3.05) is 11.9 Å². The first-order valence-corrected chi connectivity index (χ1v) is 8.26. The molecule has 0 saturated heterocycles. The molecule has 0 bridgehead atoms. The number of non-ortho nitro benzene ring substituents is 1. The zero-order valence-electron chi connectivity index (χ0n) is 14.9. The molecular weight excluding hydrogens is 355 g/mol. The van der Waals surface area contributed by atoms with E-state index < -0.39 is 28.8 Å². The summed E-state index contributed by atoms with van der Waals surface area (Å²) in [5, 5.41) is 13.3. The number of benzene rings is 2. The van der Waals surface area contributed by atoms with Crippen LogP contribution >= 0.6 is 0 Å². The lowest BCUT2D eigenvalue weighted by Crippen LogP contribution is -2.14. The minimum absolute atomic E-state index is 0.110. The van der Waals surface area contributed by atoms with Gasteiger partial charge in [0, 0.05) is 23.7 Å². The van der Waals surface area contributed by atoms with Crippen molar-refractivity contribution >= 4 is 23.1 Å². The summed E-state index contributed by atoms with van der Waals surface area (Å²) in [6, 6.07) is 9.18. The summed E-state index contributed by atoms with van der Waals surface area (Å²) in [7, 11) is 0. The molecular formula is C19H19FN2O5. The zero-order valence-corrected chi connectivity index (χ0v) is 14.9. The minimum Gasteiger partial charge on any atom is -0.482 e. The Bertz CT molecular complexity index is 850. The van der Waals surface area contributed by atoms with Crippen molar-refractivity contribution in [3.63, 3.8) is 0 Å². The Labute approximate surface area is 155 Å². The van der Waals surface area contributed by atoms with E-state index in [9.17, 15) is 24.1 Å². The van der Waals surface area contributed by atoms with Crippen LogP contribution in [0.4, 0.5) is 15.8 Å². The Morgan fingerprint density at radius 2 is 1.85 bits per heavy atom. The molecule has 142 valence electrons. The fourth-order valence-corrected chi connectivity index (χ4v) is 2.27. The van der Waals surface area contributed by atoms with Crippen LogP contribution in [0.1, 0.15) is 30.6 Å². The number of ether oxygens (including phenoxy) is 1. The van der Waals surface area contributed by atoms with Gasteiger partial charge in [0.2, 0.25) is 5.91 Å². The molecule has 0 aliphatic carbocycles. The summed E-state index contributed by atoms with van der Waals surface area (Å²) in [5.74, 6) is -1.43. The van der Waals surface area contributed by atoms with E-state index in [4.69, 9.17) is 4.74 Å². The molecule has 2 aromatic rings. The van der Waals surface area contributed by atoms with Gasteiger partial charge < -0.3 is 10.1 Å². The second-order valence-corrected chi connectivity index (χ2v) is 6.31. The maximum atomic E-state index is 13.7. The molecule has 2 aromatic carbocycles. The Kier molecular flexibility index (Phi) is 6.59. The lowest BCUT2D eigenvalue weighted by molar-refractivity contribution is -0.385. The highest BCUT2D eigenvalue weighted by Crippen LogP contribution is 2.22. The van der Waals surface area contributed by atoms with Gasteiger partial charge in [0.05, 0.1) is 11.0 Å². The Balaban J connectivity index is 1.94. The van der Waals surface area contributed by atoms with Crippen molar-refractivity contribution in [2.24, 2.45) is 5.92 Å². The summed E-state index contributed by atoms with van der Waals surface area (Å²) in [5.41, 5.74) is 0.500. The van der Waals surface area contributed by atoms with Gasteiger partial charge in [-0.15, -0.1) is 0 Å². The number of carbonyl (C=O) groups excluding carboxylic acids is 2. The molecule has 0 radical (unpaired) electrons. The van der Waals surface area contributed by atoms with Gasteiger partial charge >= 0.3 is 0 Å². The normalized spacial score (nSPS) is 10.5. The average molecular weight is 374 g/mol. The number of Topliss-reactive ketones (excluding diaryl/α,β-unsaturated/α-hetero) is 1. The van der Waals surface area contributed by atoms with Crippen molar-refractivity contribution in [1.29, 1.82) is 0 Å². The third-order valence-electron chi connectivity index (χ3n) is 3.57. The smallest absolute Gasteiger partial charge is 0.272 e. The number of nitro groups is 1. The quantitative estimate of drug-likeness (QED) is 0.428. The van der Waals surface area contributed by atoms with Crippen LogP contribution < -0.4 is 10.1 Å². The lowest BCUT2D eigenvalue weighted by Gasteiger charge is -2.09. The molecule has 1 amide bonds. The number of carbonyl (C=O) groups is 2. The number of ketones is 1. The van der Waals surface area contributed by atoms with Crippen LogP contribution in [-0.4, -0.2) is 23.2 Å². The van der Waals surface area contributed by atoms with E-state index >= 15 is 0 Å². The first kappa shape index (κ1) is 20.0. The fraction of sp³-hybridized carbons (Fsp3) is 0.263. The highest BCUT2D eigenvalue weighted by molar-refractivity contribution is 5.98. The van der Waals surface area contributed by atoms with Crippen molar-refractivity contribution in [3.05, 3.63) is 64.0 Å². The van der Waals surface area contributed by atoms with E-state index in [0.717, 1.165) is 18.2 Å². The molecule has 27 heavy (non-hydrogen) atoms. The number of hydrogen-bond donors (Lipinski definition) is 1. The van der Waals surface area contributed by atoms with Crippen molar-refractivity contribution < 1.29 is 23.6 Å². The number of anilines is 1. The van der Waals surface area contributed by atoms with Gasteiger partial charge in [0.1, 0.15) is 0 Å². The molecule has 8 heteroatoms. The Morgan fingerprint density at radius 3 is 2.41 bits per heavy atom. The zero-order chi connectivity index (χ0) is 20.0. The Morgan fingerprint density at radius 1 is 1.19 bits per heavy atom. The average Bonchev–Trinajstić information content (AvgIpc) is 2.60. The third-order valence-corrected chi connectivity index (χ3v) is 3.57. The molecule has 0 heterocycles. The van der Waals surface area contributed by atoms with E-state index in [1.54, 1.807) is 12.1 Å². The predicted octanol–water partition coefficient (Wildman–Crippen LogP) is 3.98. The highest BCUT2D eigenvalue weighted by Gasteiger charge is 2.14. The van der Waals surface area contributed by atoms with E-state index in [0.29, 0.717) is 17.7 Å². The van der Waals surface area contributed by atoms with Crippen LogP contribution in [0.15, 0.2) is 42.5 Å². The summed E-state index contributed by atoms with van der Waals surface area (Å²) < 4.78 is 18.9. The lowest BCUT2D eigenvalue weighted by atomic mass is 10.1. The molecule has 0 aromatic heterocycles. The van der Waals surface area contributed by atoms with Crippen LogP contribution in [0.3, 0.4) is 0 Å². The monoisotopic (exact) mass is 374 g/mol. The van der Waals surface area contributed by atoms with Gasteiger partial charge in [0.25, 0.3) is 5.69 Å². The maximum absolute atomic E-state index is 13.7. The standard InChI is InChI=1S/C19H19FN2O5/c1-12(2)9-19(24)21-14-5-3-13(4-6-14)17(23)11-27-18-8-7-15(22(25)26)10-16(18)20/h3-8,10,12H,9,11H2,1-2H3,(H,21,24). The van der Waals surface area contributed by atoms with Gasteiger partial charge in [-0.1, -0.05) is 13.8 Å². The molecule has 0 unspecified atom stereocenters. The van der Waals surface area contributed by atoms with Gasteiger partial charge in [-0.3, -0.25) is 19.7 Å². The van der Waals surface area contributed by atoms with Crippen LogP contribution in [0.2, 0.25) is 0 Å². The molecule has 0 spiro atoms. The van der Waals surface area contributed by atoms with Gasteiger partial charge in [-0.05, 0) is 36.2 Å². The number of rotatable bonds is 8. The van der Waals surface area contributed by atoms with Crippen LogP contribution in [-0.2, 0) is 4.79 Å². The highest BCUT2D eigenvalue weighted by atomic mass is 19.1. The molecule has 0 saturated carbocycles. The van der Waals surface area contributed by atoms with E-state index in [1.807, 2.05) is 13.8 Å². The molecule has 0 atom stereocenters. The summed E-state index contributed by atoms with van der Waals surface area (Å²) >= 11 is 0. The third kappa shape index (κ3) is 5.88. The number of halogens is 1.